The van der Waals surface area contributed by atoms with Crippen molar-refractivity contribution in [2.75, 3.05) is 6.61 Å². The van der Waals surface area contributed by atoms with Gasteiger partial charge in [0, 0.05) is 6.61 Å². The first kappa shape index (κ1) is 12.5. The summed E-state index contributed by atoms with van der Waals surface area (Å²) in [6.07, 6.45) is 2.12. The minimum atomic E-state index is -0.766. The van der Waals surface area contributed by atoms with Crippen molar-refractivity contribution in [3.05, 3.63) is 35.1 Å². The van der Waals surface area contributed by atoms with Gasteiger partial charge in [0.1, 0.15) is 11.9 Å². The number of aryl methyl sites for hydroxylation is 1. The normalized spacial score (nSPS) is 26.8. The smallest absolute Gasteiger partial charge is 0.123 e. The van der Waals surface area contributed by atoms with Crippen LogP contribution in [0, 0.1) is 12.7 Å². The minimum Gasteiger partial charge on any atom is -0.385 e. The fraction of sp³-hybridized carbons (Fsp3) is 0.571. The average molecular weight is 238 g/mol. The molecule has 94 valence electrons. The summed E-state index contributed by atoms with van der Waals surface area (Å²) < 4.78 is 19.0. The van der Waals surface area contributed by atoms with Crippen LogP contribution in [0.4, 0.5) is 4.39 Å². The summed E-state index contributed by atoms with van der Waals surface area (Å²) in [6.45, 7) is 4.39. The molecule has 0 saturated carbocycles. The molecule has 1 aromatic rings. The molecule has 2 atom stereocenters. The monoisotopic (exact) mass is 238 g/mol. The lowest BCUT2D eigenvalue weighted by Crippen LogP contribution is -2.39. The van der Waals surface area contributed by atoms with Gasteiger partial charge in [-0.25, -0.2) is 4.39 Å². The van der Waals surface area contributed by atoms with Crippen molar-refractivity contribution in [3.8, 4) is 0 Å². The van der Waals surface area contributed by atoms with E-state index in [4.69, 9.17) is 4.74 Å². The number of aliphatic hydroxyl groups excluding tert-OH is 1. The number of benzene rings is 1. The van der Waals surface area contributed by atoms with Gasteiger partial charge in [-0.05, 0) is 56.4 Å². The zero-order valence-electron chi connectivity index (χ0n) is 10.4. The van der Waals surface area contributed by atoms with Crippen LogP contribution in [-0.2, 0) is 4.74 Å². The van der Waals surface area contributed by atoms with Crippen LogP contribution in [0.1, 0.15) is 43.4 Å². The molecule has 2 rings (SSSR count). The Morgan fingerprint density at radius 3 is 2.71 bits per heavy atom. The second kappa shape index (κ2) is 4.75. The number of hydrogen-bond donors (Lipinski definition) is 1. The van der Waals surface area contributed by atoms with Crippen LogP contribution in [0.25, 0.3) is 0 Å². The van der Waals surface area contributed by atoms with Crippen LogP contribution in [0.5, 0.6) is 0 Å². The molecule has 1 aromatic carbocycles. The molecular formula is C14H19FO2. The SMILES string of the molecule is Cc1cc(F)cc(C(O)C2(C)CCCCO2)c1. The van der Waals surface area contributed by atoms with E-state index in [0.29, 0.717) is 12.2 Å². The van der Waals surface area contributed by atoms with Crippen molar-refractivity contribution in [2.45, 2.75) is 44.8 Å². The molecule has 1 saturated heterocycles. The molecule has 3 heteroatoms. The summed E-state index contributed by atoms with van der Waals surface area (Å²) in [5.74, 6) is -0.307. The Labute approximate surface area is 101 Å². The topological polar surface area (TPSA) is 29.5 Å². The molecular weight excluding hydrogens is 219 g/mol. The summed E-state index contributed by atoms with van der Waals surface area (Å²) in [7, 11) is 0. The lowest BCUT2D eigenvalue weighted by Gasteiger charge is -2.38. The van der Waals surface area contributed by atoms with Crippen LogP contribution in [0.2, 0.25) is 0 Å². The number of hydrogen-bond acceptors (Lipinski definition) is 2. The van der Waals surface area contributed by atoms with E-state index in [1.165, 1.54) is 12.1 Å². The third kappa shape index (κ3) is 2.67. The second-order valence-corrected chi connectivity index (χ2v) is 5.08. The van der Waals surface area contributed by atoms with Crippen molar-refractivity contribution in [1.29, 1.82) is 0 Å². The van der Waals surface area contributed by atoms with Crippen molar-refractivity contribution in [3.63, 3.8) is 0 Å². The van der Waals surface area contributed by atoms with Gasteiger partial charge in [0.2, 0.25) is 0 Å². The Morgan fingerprint density at radius 2 is 2.12 bits per heavy atom. The molecule has 0 aliphatic carbocycles. The maximum Gasteiger partial charge on any atom is 0.123 e. The zero-order chi connectivity index (χ0) is 12.5. The number of halogens is 1. The lowest BCUT2D eigenvalue weighted by atomic mass is 9.86. The summed E-state index contributed by atoms with van der Waals surface area (Å²) >= 11 is 0. The Balaban J connectivity index is 2.26. The van der Waals surface area contributed by atoms with Crippen molar-refractivity contribution in [1.82, 2.24) is 0 Å². The average Bonchev–Trinajstić information content (AvgIpc) is 2.27. The Hall–Kier alpha value is -0.930. The van der Waals surface area contributed by atoms with Gasteiger partial charge < -0.3 is 9.84 Å². The quantitative estimate of drug-likeness (QED) is 0.857. The first-order valence-corrected chi connectivity index (χ1v) is 6.10. The number of rotatable bonds is 2. The van der Waals surface area contributed by atoms with E-state index >= 15 is 0 Å². The van der Waals surface area contributed by atoms with E-state index in [9.17, 15) is 9.50 Å². The van der Waals surface area contributed by atoms with Gasteiger partial charge in [-0.3, -0.25) is 0 Å². The zero-order valence-corrected chi connectivity index (χ0v) is 10.4. The van der Waals surface area contributed by atoms with Crippen molar-refractivity contribution < 1.29 is 14.2 Å². The summed E-state index contributed by atoms with van der Waals surface area (Å²) in [6, 6.07) is 4.66. The fourth-order valence-electron chi connectivity index (χ4n) is 2.45. The summed E-state index contributed by atoms with van der Waals surface area (Å²) in [4.78, 5) is 0. The molecule has 0 bridgehead atoms. The van der Waals surface area contributed by atoms with Crippen LogP contribution in [0.15, 0.2) is 18.2 Å². The van der Waals surface area contributed by atoms with Gasteiger partial charge in [-0.1, -0.05) is 6.07 Å². The van der Waals surface area contributed by atoms with Gasteiger partial charge >= 0.3 is 0 Å². The van der Waals surface area contributed by atoms with E-state index in [2.05, 4.69) is 0 Å². The molecule has 1 aliphatic heterocycles. The Bertz CT molecular complexity index is 377. The maximum atomic E-state index is 13.3. The highest BCUT2D eigenvalue weighted by Gasteiger charge is 2.36. The van der Waals surface area contributed by atoms with Gasteiger partial charge in [-0.15, -0.1) is 0 Å². The lowest BCUT2D eigenvalue weighted by molar-refractivity contribution is -0.138. The summed E-state index contributed by atoms with van der Waals surface area (Å²) in [5, 5.41) is 10.4. The van der Waals surface area contributed by atoms with Crippen LogP contribution < -0.4 is 0 Å². The molecule has 17 heavy (non-hydrogen) atoms. The minimum absolute atomic E-state index is 0.307. The highest BCUT2D eigenvalue weighted by Crippen LogP contribution is 2.36. The van der Waals surface area contributed by atoms with Crippen molar-refractivity contribution in [2.24, 2.45) is 0 Å². The molecule has 0 aromatic heterocycles. The molecule has 0 amide bonds. The van der Waals surface area contributed by atoms with E-state index in [0.717, 1.165) is 24.8 Å². The first-order valence-electron chi connectivity index (χ1n) is 6.10. The highest BCUT2D eigenvalue weighted by atomic mass is 19.1. The van der Waals surface area contributed by atoms with Gasteiger partial charge in [0.25, 0.3) is 0 Å². The first-order chi connectivity index (χ1) is 8.01. The Morgan fingerprint density at radius 1 is 1.35 bits per heavy atom. The van der Waals surface area contributed by atoms with E-state index in [-0.39, 0.29) is 5.82 Å². The largest absolute Gasteiger partial charge is 0.385 e. The van der Waals surface area contributed by atoms with E-state index in [1.807, 2.05) is 19.9 Å². The maximum absolute atomic E-state index is 13.3. The molecule has 1 N–H and O–H groups in total. The van der Waals surface area contributed by atoms with Crippen molar-refractivity contribution >= 4 is 0 Å². The molecule has 1 fully saturated rings. The highest BCUT2D eigenvalue weighted by molar-refractivity contribution is 5.27. The standard InChI is InChI=1S/C14H19FO2/c1-10-7-11(9-12(15)8-10)13(16)14(2)5-3-4-6-17-14/h7-9,13,16H,3-6H2,1-2H3. The predicted molar refractivity (Wildman–Crippen MR) is 64.3 cm³/mol. The summed E-state index contributed by atoms with van der Waals surface area (Å²) in [5.41, 5.74) is 0.837. The van der Waals surface area contributed by atoms with E-state index in [1.54, 1.807) is 0 Å². The molecule has 2 unspecified atom stereocenters. The van der Waals surface area contributed by atoms with Gasteiger partial charge in [-0.2, -0.15) is 0 Å². The van der Waals surface area contributed by atoms with Crippen LogP contribution >= 0.6 is 0 Å². The predicted octanol–water partition coefficient (Wildman–Crippen LogP) is 3.13. The Kier molecular flexibility index (Phi) is 3.50. The third-order valence-corrected chi connectivity index (χ3v) is 3.46. The fourth-order valence-corrected chi connectivity index (χ4v) is 2.45. The van der Waals surface area contributed by atoms with Crippen LogP contribution in [-0.4, -0.2) is 17.3 Å². The third-order valence-electron chi connectivity index (χ3n) is 3.46. The number of aliphatic hydroxyl groups is 1. The van der Waals surface area contributed by atoms with Gasteiger partial charge in [0.15, 0.2) is 0 Å². The second-order valence-electron chi connectivity index (χ2n) is 5.08. The molecule has 2 nitrogen and oxygen atoms in total. The van der Waals surface area contributed by atoms with E-state index < -0.39 is 11.7 Å². The molecule has 0 spiro atoms. The molecule has 0 radical (unpaired) electrons. The van der Waals surface area contributed by atoms with Crippen LogP contribution in [0.3, 0.4) is 0 Å². The number of ether oxygens (including phenoxy) is 1. The van der Waals surface area contributed by atoms with Gasteiger partial charge in [0.05, 0.1) is 5.60 Å². The molecule has 1 heterocycles. The molecule has 1 aliphatic rings.